The molecule has 1 atom stereocenters. The molecule has 2 aromatic carbocycles. The highest BCUT2D eigenvalue weighted by Crippen LogP contribution is 2.50. The van der Waals surface area contributed by atoms with Crippen molar-refractivity contribution in [1.82, 2.24) is 10.2 Å². The van der Waals surface area contributed by atoms with Gasteiger partial charge in [-0.15, -0.1) is 0 Å². The van der Waals surface area contributed by atoms with E-state index in [1.807, 2.05) is 0 Å². The Kier molecular flexibility index (Phi) is 10.6. The summed E-state index contributed by atoms with van der Waals surface area (Å²) in [6, 6.07) is 9.57. The summed E-state index contributed by atoms with van der Waals surface area (Å²) in [5, 5.41) is 11.4. The number of aliphatic carboxylic acids is 1. The van der Waals surface area contributed by atoms with Crippen molar-refractivity contribution in [2.75, 3.05) is 6.54 Å². The van der Waals surface area contributed by atoms with Crippen LogP contribution in [0.4, 0.5) is 13.2 Å². The van der Waals surface area contributed by atoms with E-state index >= 15 is 0 Å². The molecule has 0 aromatic heterocycles. The molecule has 11 heteroatoms. The Morgan fingerprint density at radius 2 is 1.66 bits per heavy atom. The molecule has 4 rings (SSSR count). The minimum absolute atomic E-state index is 0.00977. The van der Waals surface area contributed by atoms with Gasteiger partial charge in [0.15, 0.2) is 0 Å². The summed E-state index contributed by atoms with van der Waals surface area (Å²) in [6.07, 6.45) is -0.821. The van der Waals surface area contributed by atoms with Crippen LogP contribution in [0.2, 0.25) is 5.02 Å². The predicted molar refractivity (Wildman–Crippen MR) is 176 cm³/mol. The molecule has 7 nitrogen and oxygen atoms in total. The highest BCUT2D eigenvalue weighted by Gasteiger charge is 2.53. The minimum atomic E-state index is -4.65. The molecule has 1 aliphatic heterocycles. The molecule has 256 valence electrons. The predicted octanol–water partition coefficient (Wildman–Crippen LogP) is 8.69. The molecule has 0 bridgehead atoms. The Labute approximate surface area is 280 Å². The Morgan fingerprint density at radius 1 is 1.04 bits per heavy atom. The smallest absolute Gasteiger partial charge is 0.416 e. The van der Waals surface area contributed by atoms with Crippen LogP contribution in [0.15, 0.2) is 47.5 Å². The van der Waals surface area contributed by atoms with Crippen LogP contribution in [0.3, 0.4) is 0 Å². The number of hydrogen-bond donors (Lipinski definition) is 2. The Bertz CT molecular complexity index is 1520. The van der Waals surface area contributed by atoms with E-state index in [1.165, 1.54) is 6.07 Å². The number of carbonyl (C=O) groups excluding carboxylic acids is 2. The second-order valence-corrected chi connectivity index (χ2v) is 15.6. The summed E-state index contributed by atoms with van der Waals surface area (Å²) in [4.78, 5) is 44.9. The number of benzene rings is 2. The molecule has 1 saturated carbocycles. The van der Waals surface area contributed by atoms with Crippen LogP contribution in [0, 0.1) is 16.7 Å². The third-order valence-electron chi connectivity index (χ3n) is 9.36. The van der Waals surface area contributed by atoms with Gasteiger partial charge in [0.2, 0.25) is 0 Å². The number of rotatable bonds is 9. The lowest BCUT2D eigenvalue weighted by molar-refractivity contribution is -0.138. The molecule has 47 heavy (non-hydrogen) atoms. The highest BCUT2D eigenvalue weighted by molar-refractivity contribution is 6.47. The van der Waals surface area contributed by atoms with E-state index in [4.69, 9.17) is 21.7 Å². The molecule has 0 radical (unpaired) electrons. The zero-order valence-electron chi connectivity index (χ0n) is 27.9. The number of amides is 2. The Hall–Kier alpha value is -3.40. The number of nitrogens with zero attached hydrogens (tertiary/aromatic N) is 2. The average Bonchev–Trinajstić information content (AvgIpc) is 3.22. The topological polar surface area (TPSA) is 99.1 Å². The molecule has 2 aromatic rings. The van der Waals surface area contributed by atoms with Crippen LogP contribution in [-0.2, 0) is 15.8 Å². The van der Waals surface area contributed by atoms with Crippen molar-refractivity contribution in [3.8, 4) is 0 Å². The maximum atomic E-state index is 14.6. The molecule has 2 aliphatic rings. The van der Waals surface area contributed by atoms with E-state index in [0.29, 0.717) is 30.7 Å². The zero-order valence-corrected chi connectivity index (χ0v) is 28.7. The second kappa shape index (κ2) is 13.6. The van der Waals surface area contributed by atoms with Crippen molar-refractivity contribution in [3.63, 3.8) is 0 Å². The molecule has 2 amide bonds. The fraction of sp³-hybridized carbons (Fsp3) is 0.556. The van der Waals surface area contributed by atoms with Gasteiger partial charge in [0.25, 0.3) is 11.8 Å². The van der Waals surface area contributed by atoms with Gasteiger partial charge < -0.3 is 15.3 Å². The van der Waals surface area contributed by atoms with E-state index in [-0.39, 0.29) is 40.1 Å². The number of hydrogen-bond acceptors (Lipinski definition) is 4. The van der Waals surface area contributed by atoms with Gasteiger partial charge in [0, 0.05) is 22.7 Å². The van der Waals surface area contributed by atoms with Gasteiger partial charge >= 0.3 is 12.1 Å². The standard InChI is InChI=1S/C36H45ClF3N3O4/c1-33(2,3)15-13-28(22-7-9-23(10-8-22)31(46)41-18-14-29(44)45)43-32(47)30(24-19-26(36(38,39)40)21-27(37)20-24)42-35(43)16-11-25(12-17-35)34(4,5)6/h7-10,19-21,25,28H,11-18H2,1-6H3,(H,41,46)(H,44,45). The van der Waals surface area contributed by atoms with Crippen LogP contribution in [0.1, 0.15) is 120 Å². The van der Waals surface area contributed by atoms with Gasteiger partial charge in [-0.2, -0.15) is 13.2 Å². The normalized spacial score (nSPS) is 21.1. The van der Waals surface area contributed by atoms with Crippen LogP contribution in [0.5, 0.6) is 0 Å². The number of alkyl halides is 3. The maximum Gasteiger partial charge on any atom is 0.416 e. The third kappa shape index (κ3) is 8.75. The molecule has 1 heterocycles. The molecule has 1 fully saturated rings. The summed E-state index contributed by atoms with van der Waals surface area (Å²) in [7, 11) is 0. The van der Waals surface area contributed by atoms with E-state index in [2.05, 4.69) is 46.9 Å². The second-order valence-electron chi connectivity index (χ2n) is 15.1. The van der Waals surface area contributed by atoms with E-state index < -0.39 is 41.2 Å². The number of carbonyl (C=O) groups is 3. The van der Waals surface area contributed by atoms with Gasteiger partial charge in [-0.25, -0.2) is 0 Å². The first kappa shape index (κ1) is 36.4. The molecule has 2 N–H and O–H groups in total. The molecular weight excluding hydrogens is 631 g/mol. The largest absolute Gasteiger partial charge is 0.481 e. The van der Waals surface area contributed by atoms with Gasteiger partial charge in [-0.05, 0) is 91.2 Å². The molecule has 1 aliphatic carbocycles. The molecule has 0 saturated heterocycles. The van der Waals surface area contributed by atoms with E-state index in [1.54, 1.807) is 29.2 Å². The number of carboxylic acid groups (broad SMARTS) is 1. The van der Waals surface area contributed by atoms with Crippen molar-refractivity contribution < 1.29 is 32.7 Å². The van der Waals surface area contributed by atoms with E-state index in [9.17, 15) is 27.6 Å². The number of carboxylic acids is 1. The first-order valence-electron chi connectivity index (χ1n) is 16.1. The van der Waals surface area contributed by atoms with Crippen molar-refractivity contribution >= 4 is 35.1 Å². The fourth-order valence-electron chi connectivity index (χ4n) is 6.68. The third-order valence-corrected chi connectivity index (χ3v) is 9.58. The number of halogens is 4. The molecular formula is C36H45ClF3N3O4. The van der Waals surface area contributed by atoms with Crippen molar-refractivity contribution in [1.29, 1.82) is 0 Å². The first-order chi connectivity index (χ1) is 21.7. The van der Waals surface area contributed by atoms with Crippen molar-refractivity contribution in [3.05, 3.63) is 69.7 Å². The van der Waals surface area contributed by atoms with Gasteiger partial charge in [-0.3, -0.25) is 19.4 Å². The lowest BCUT2D eigenvalue weighted by atomic mass is 9.69. The summed E-state index contributed by atoms with van der Waals surface area (Å²) >= 11 is 6.17. The number of aliphatic imine (C=N–C) groups is 1. The van der Waals surface area contributed by atoms with Gasteiger partial charge in [0.1, 0.15) is 11.4 Å². The highest BCUT2D eigenvalue weighted by atomic mass is 35.5. The molecule has 1 spiro atoms. The summed E-state index contributed by atoms with van der Waals surface area (Å²) in [6.45, 7) is 12.9. The summed E-state index contributed by atoms with van der Waals surface area (Å²) < 4.78 is 41.5. The lowest BCUT2D eigenvalue weighted by Gasteiger charge is -2.47. The van der Waals surface area contributed by atoms with Crippen LogP contribution < -0.4 is 5.32 Å². The summed E-state index contributed by atoms with van der Waals surface area (Å²) in [5.74, 6) is -1.48. The first-order valence-corrected chi connectivity index (χ1v) is 16.5. The average molecular weight is 676 g/mol. The maximum absolute atomic E-state index is 14.6. The fourth-order valence-corrected chi connectivity index (χ4v) is 6.91. The zero-order chi connectivity index (χ0) is 34.9. The van der Waals surface area contributed by atoms with Crippen molar-refractivity contribution in [2.45, 2.75) is 104 Å². The monoisotopic (exact) mass is 675 g/mol. The van der Waals surface area contributed by atoms with E-state index in [0.717, 1.165) is 37.0 Å². The van der Waals surface area contributed by atoms with Crippen molar-refractivity contribution in [2.24, 2.45) is 21.7 Å². The Balaban J connectivity index is 1.78. The number of nitrogens with one attached hydrogen (secondary N) is 1. The lowest BCUT2D eigenvalue weighted by Crippen LogP contribution is -2.51. The van der Waals surface area contributed by atoms with Crippen LogP contribution in [-0.4, -0.2) is 45.7 Å². The quantitative estimate of drug-likeness (QED) is 0.278. The van der Waals surface area contributed by atoms with Gasteiger partial charge in [-0.1, -0.05) is 65.3 Å². The summed E-state index contributed by atoms with van der Waals surface area (Å²) in [5.41, 5.74) is -0.799. The SMILES string of the molecule is CC(C)(C)CCC(c1ccc(C(=O)NCCC(=O)O)cc1)N1C(=O)C(c2cc(Cl)cc(C(F)(F)F)c2)=NC12CCC(C(C)(C)C)CC2. The van der Waals surface area contributed by atoms with Crippen LogP contribution in [0.25, 0.3) is 0 Å². The minimum Gasteiger partial charge on any atom is -0.481 e. The Morgan fingerprint density at radius 3 is 2.19 bits per heavy atom. The van der Waals surface area contributed by atoms with Crippen LogP contribution >= 0.6 is 11.6 Å². The van der Waals surface area contributed by atoms with Gasteiger partial charge in [0.05, 0.1) is 18.0 Å². The molecule has 1 unspecified atom stereocenters.